The van der Waals surface area contributed by atoms with Gasteiger partial charge in [0, 0.05) is 22.3 Å². The summed E-state index contributed by atoms with van der Waals surface area (Å²) in [7, 11) is 0. The average Bonchev–Trinajstić information content (AvgIpc) is 2.43. The third-order valence-electron chi connectivity index (χ3n) is 2.95. The maximum atomic E-state index is 12.0. The molecule has 2 rings (SSSR count). The highest BCUT2D eigenvalue weighted by Crippen LogP contribution is 2.17. The smallest absolute Gasteiger partial charge is 0.251 e. The van der Waals surface area contributed by atoms with E-state index in [0.29, 0.717) is 17.8 Å². The van der Waals surface area contributed by atoms with E-state index in [1.165, 1.54) is 5.56 Å². The van der Waals surface area contributed by atoms with E-state index in [1.807, 2.05) is 18.2 Å². The van der Waals surface area contributed by atoms with Crippen LogP contribution in [-0.4, -0.2) is 12.5 Å². The number of hydrogen-bond acceptors (Lipinski definition) is 2. The number of anilines is 1. The van der Waals surface area contributed by atoms with Crippen molar-refractivity contribution < 1.29 is 4.79 Å². The van der Waals surface area contributed by atoms with Gasteiger partial charge in [0.05, 0.1) is 0 Å². The molecular formula is C16H17BrN2O. The van der Waals surface area contributed by atoms with Gasteiger partial charge in [-0.2, -0.15) is 0 Å². The number of hydrogen-bond donors (Lipinski definition) is 2. The van der Waals surface area contributed by atoms with Crippen molar-refractivity contribution in [3.05, 3.63) is 64.1 Å². The van der Waals surface area contributed by atoms with Gasteiger partial charge >= 0.3 is 0 Å². The molecule has 0 radical (unpaired) electrons. The van der Waals surface area contributed by atoms with Gasteiger partial charge in [-0.05, 0) is 36.6 Å². The van der Waals surface area contributed by atoms with Crippen LogP contribution in [0.1, 0.15) is 22.3 Å². The second-order valence-electron chi connectivity index (χ2n) is 4.62. The summed E-state index contributed by atoms with van der Waals surface area (Å²) in [6, 6.07) is 15.5. The Balaban J connectivity index is 1.80. The largest absolute Gasteiger partial charge is 0.399 e. The zero-order valence-electron chi connectivity index (χ0n) is 11.1. The number of nitrogen functional groups attached to an aromatic ring is 1. The van der Waals surface area contributed by atoms with E-state index < -0.39 is 0 Å². The molecule has 104 valence electrons. The number of benzene rings is 2. The molecule has 0 saturated carbocycles. The SMILES string of the molecule is Nc1cc(Br)cc(C(=O)NCCCc2ccccc2)c1. The monoisotopic (exact) mass is 332 g/mol. The highest BCUT2D eigenvalue weighted by atomic mass is 79.9. The lowest BCUT2D eigenvalue weighted by Gasteiger charge is -2.07. The molecule has 2 aromatic rings. The van der Waals surface area contributed by atoms with E-state index in [4.69, 9.17) is 5.73 Å². The lowest BCUT2D eigenvalue weighted by Crippen LogP contribution is -2.24. The van der Waals surface area contributed by atoms with Crippen LogP contribution in [0.3, 0.4) is 0 Å². The van der Waals surface area contributed by atoms with Gasteiger partial charge in [0.15, 0.2) is 0 Å². The van der Waals surface area contributed by atoms with Gasteiger partial charge < -0.3 is 11.1 Å². The molecule has 0 bridgehead atoms. The Kier molecular flexibility index (Phi) is 5.18. The van der Waals surface area contributed by atoms with E-state index in [1.54, 1.807) is 18.2 Å². The fourth-order valence-corrected chi connectivity index (χ4v) is 2.50. The first-order valence-electron chi connectivity index (χ1n) is 6.53. The highest BCUT2D eigenvalue weighted by Gasteiger charge is 2.06. The van der Waals surface area contributed by atoms with Crippen LogP contribution in [0, 0.1) is 0 Å². The van der Waals surface area contributed by atoms with Crippen molar-refractivity contribution in [2.45, 2.75) is 12.8 Å². The molecule has 3 N–H and O–H groups in total. The first-order valence-corrected chi connectivity index (χ1v) is 7.32. The van der Waals surface area contributed by atoms with Crippen LogP contribution in [0.4, 0.5) is 5.69 Å². The minimum Gasteiger partial charge on any atom is -0.399 e. The molecule has 1 amide bonds. The van der Waals surface area contributed by atoms with Crippen molar-refractivity contribution in [2.24, 2.45) is 0 Å². The van der Waals surface area contributed by atoms with E-state index in [9.17, 15) is 4.79 Å². The average molecular weight is 333 g/mol. The van der Waals surface area contributed by atoms with E-state index in [2.05, 4.69) is 33.4 Å². The van der Waals surface area contributed by atoms with Crippen LogP contribution < -0.4 is 11.1 Å². The number of halogens is 1. The van der Waals surface area contributed by atoms with E-state index >= 15 is 0 Å². The fourth-order valence-electron chi connectivity index (χ4n) is 1.98. The molecule has 0 heterocycles. The maximum Gasteiger partial charge on any atom is 0.251 e. The van der Waals surface area contributed by atoms with Crippen LogP contribution in [0.25, 0.3) is 0 Å². The van der Waals surface area contributed by atoms with Crippen molar-refractivity contribution >= 4 is 27.5 Å². The molecule has 0 spiro atoms. The second kappa shape index (κ2) is 7.10. The molecule has 2 aromatic carbocycles. The molecular weight excluding hydrogens is 316 g/mol. The van der Waals surface area contributed by atoms with E-state index in [-0.39, 0.29) is 5.91 Å². The Morgan fingerprint density at radius 3 is 2.60 bits per heavy atom. The molecule has 20 heavy (non-hydrogen) atoms. The quantitative estimate of drug-likeness (QED) is 0.651. The van der Waals surface area contributed by atoms with Crippen molar-refractivity contribution in [3.8, 4) is 0 Å². The van der Waals surface area contributed by atoms with Gasteiger partial charge in [-0.1, -0.05) is 46.3 Å². The van der Waals surface area contributed by atoms with Crippen molar-refractivity contribution in [1.82, 2.24) is 5.32 Å². The highest BCUT2D eigenvalue weighted by molar-refractivity contribution is 9.10. The molecule has 0 saturated heterocycles. The van der Waals surface area contributed by atoms with Crippen LogP contribution in [0.2, 0.25) is 0 Å². The fraction of sp³-hybridized carbons (Fsp3) is 0.188. The van der Waals surface area contributed by atoms with Gasteiger partial charge in [0.2, 0.25) is 0 Å². The summed E-state index contributed by atoms with van der Waals surface area (Å²) in [6.07, 6.45) is 1.88. The van der Waals surface area contributed by atoms with Gasteiger partial charge in [-0.3, -0.25) is 4.79 Å². The minimum absolute atomic E-state index is 0.0916. The standard InChI is InChI=1S/C16H17BrN2O/c17-14-9-13(10-15(18)11-14)16(20)19-8-4-7-12-5-2-1-3-6-12/h1-3,5-6,9-11H,4,7-8,18H2,(H,19,20). The molecule has 0 aliphatic rings. The number of carbonyl (C=O) groups is 1. The summed E-state index contributed by atoms with van der Waals surface area (Å²) < 4.78 is 0.812. The normalized spacial score (nSPS) is 10.2. The van der Waals surface area contributed by atoms with Crippen molar-refractivity contribution in [1.29, 1.82) is 0 Å². The number of amides is 1. The van der Waals surface area contributed by atoms with Gasteiger partial charge in [0.25, 0.3) is 5.91 Å². The summed E-state index contributed by atoms with van der Waals surface area (Å²) in [5.41, 5.74) is 8.16. The third kappa shape index (κ3) is 4.38. The summed E-state index contributed by atoms with van der Waals surface area (Å²) in [5, 5.41) is 2.91. The van der Waals surface area contributed by atoms with Crippen LogP contribution in [0.15, 0.2) is 53.0 Å². The zero-order chi connectivity index (χ0) is 14.4. The van der Waals surface area contributed by atoms with Crippen LogP contribution in [-0.2, 0) is 6.42 Å². The van der Waals surface area contributed by atoms with Crippen LogP contribution >= 0.6 is 15.9 Å². The van der Waals surface area contributed by atoms with E-state index in [0.717, 1.165) is 17.3 Å². The predicted molar refractivity (Wildman–Crippen MR) is 85.7 cm³/mol. The number of aryl methyl sites for hydroxylation is 1. The lowest BCUT2D eigenvalue weighted by atomic mass is 10.1. The van der Waals surface area contributed by atoms with Crippen molar-refractivity contribution in [2.75, 3.05) is 12.3 Å². The molecule has 0 fully saturated rings. The minimum atomic E-state index is -0.0916. The number of nitrogens with one attached hydrogen (secondary N) is 1. The van der Waals surface area contributed by atoms with Gasteiger partial charge in [-0.25, -0.2) is 0 Å². The second-order valence-corrected chi connectivity index (χ2v) is 5.53. The molecule has 0 aromatic heterocycles. The van der Waals surface area contributed by atoms with Crippen LogP contribution in [0.5, 0.6) is 0 Å². The van der Waals surface area contributed by atoms with Gasteiger partial charge in [-0.15, -0.1) is 0 Å². The third-order valence-corrected chi connectivity index (χ3v) is 3.41. The lowest BCUT2D eigenvalue weighted by molar-refractivity contribution is 0.0953. The molecule has 0 aliphatic heterocycles. The summed E-state index contributed by atoms with van der Waals surface area (Å²) >= 11 is 3.33. The summed E-state index contributed by atoms with van der Waals surface area (Å²) in [6.45, 7) is 0.653. The first kappa shape index (κ1) is 14.6. The molecule has 0 unspecified atom stereocenters. The molecule has 0 aliphatic carbocycles. The number of carbonyl (C=O) groups excluding carboxylic acids is 1. The zero-order valence-corrected chi connectivity index (χ0v) is 12.7. The Hall–Kier alpha value is -1.81. The molecule has 0 atom stereocenters. The molecule has 3 nitrogen and oxygen atoms in total. The number of nitrogens with two attached hydrogens (primary N) is 1. The van der Waals surface area contributed by atoms with Crippen molar-refractivity contribution in [3.63, 3.8) is 0 Å². The Labute approximate surface area is 127 Å². The Bertz CT molecular complexity index is 564. The Morgan fingerprint density at radius 1 is 1.15 bits per heavy atom. The maximum absolute atomic E-state index is 12.0. The van der Waals surface area contributed by atoms with Gasteiger partial charge in [0.1, 0.15) is 0 Å². The first-order chi connectivity index (χ1) is 9.65. The molecule has 4 heteroatoms. The number of rotatable bonds is 5. The Morgan fingerprint density at radius 2 is 1.90 bits per heavy atom. The predicted octanol–water partition coefficient (Wildman–Crippen LogP) is 3.39. The summed E-state index contributed by atoms with van der Waals surface area (Å²) in [5.74, 6) is -0.0916. The topological polar surface area (TPSA) is 55.1 Å². The summed E-state index contributed by atoms with van der Waals surface area (Å²) in [4.78, 5) is 12.0.